The standard InChI is InChI=1S/C19H28N2O3/c22-13-15-6-8-21(9-7-15)12-16-3-1-5-18(11-16)20-19(23)17-4-2-10-24-14-17/h1,3,5,11,15,17,22H,2,4,6-10,12-14H2,(H,20,23)/t17-/m1/s1. The van der Waals surface area contributed by atoms with Gasteiger partial charge < -0.3 is 15.2 Å². The van der Waals surface area contributed by atoms with Crippen LogP contribution in [0.2, 0.25) is 0 Å². The summed E-state index contributed by atoms with van der Waals surface area (Å²) in [5, 5.41) is 12.3. The van der Waals surface area contributed by atoms with Crippen molar-refractivity contribution in [3.63, 3.8) is 0 Å². The molecule has 1 amide bonds. The lowest BCUT2D eigenvalue weighted by atomic mass is 9.97. The van der Waals surface area contributed by atoms with Crippen molar-refractivity contribution in [2.24, 2.45) is 11.8 Å². The van der Waals surface area contributed by atoms with Crippen molar-refractivity contribution in [3.8, 4) is 0 Å². The molecule has 2 aliphatic heterocycles. The number of ether oxygens (including phenoxy) is 1. The number of aliphatic hydroxyl groups excluding tert-OH is 1. The Morgan fingerprint density at radius 1 is 1.29 bits per heavy atom. The van der Waals surface area contributed by atoms with Crippen molar-refractivity contribution in [2.45, 2.75) is 32.2 Å². The molecule has 2 N–H and O–H groups in total. The topological polar surface area (TPSA) is 61.8 Å². The van der Waals surface area contributed by atoms with Gasteiger partial charge in [0.25, 0.3) is 0 Å². The molecule has 0 spiro atoms. The van der Waals surface area contributed by atoms with E-state index in [4.69, 9.17) is 4.74 Å². The van der Waals surface area contributed by atoms with E-state index in [1.807, 2.05) is 12.1 Å². The average Bonchev–Trinajstić information content (AvgIpc) is 2.63. The maximum Gasteiger partial charge on any atom is 0.229 e. The Hall–Kier alpha value is -1.43. The van der Waals surface area contributed by atoms with Gasteiger partial charge in [0.05, 0.1) is 12.5 Å². The third-order valence-electron chi connectivity index (χ3n) is 5.10. The molecule has 1 aromatic rings. The maximum atomic E-state index is 12.3. The maximum absolute atomic E-state index is 12.3. The van der Waals surface area contributed by atoms with E-state index in [0.29, 0.717) is 19.1 Å². The molecule has 2 fully saturated rings. The summed E-state index contributed by atoms with van der Waals surface area (Å²) in [6, 6.07) is 8.13. The lowest BCUT2D eigenvalue weighted by Crippen LogP contribution is -2.34. The Labute approximate surface area is 144 Å². The Balaban J connectivity index is 1.53. The number of nitrogens with zero attached hydrogens (tertiary/aromatic N) is 1. The first-order valence-electron chi connectivity index (χ1n) is 9.05. The van der Waals surface area contributed by atoms with E-state index in [9.17, 15) is 9.90 Å². The minimum atomic E-state index is -0.0279. The van der Waals surface area contributed by atoms with E-state index in [1.54, 1.807) is 0 Å². The normalized spacial score (nSPS) is 23.1. The highest BCUT2D eigenvalue weighted by molar-refractivity contribution is 5.92. The van der Waals surface area contributed by atoms with Gasteiger partial charge in [-0.2, -0.15) is 0 Å². The first-order chi connectivity index (χ1) is 11.7. The SMILES string of the molecule is O=C(Nc1cccc(CN2CCC(CO)CC2)c1)[C@@H]1CCCOC1. The summed E-state index contributed by atoms with van der Waals surface area (Å²) in [6.07, 6.45) is 4.00. The molecule has 2 saturated heterocycles. The van der Waals surface area contributed by atoms with Gasteiger partial charge in [-0.15, -0.1) is 0 Å². The highest BCUT2D eigenvalue weighted by Crippen LogP contribution is 2.21. The second-order valence-electron chi connectivity index (χ2n) is 7.01. The van der Waals surface area contributed by atoms with E-state index >= 15 is 0 Å². The quantitative estimate of drug-likeness (QED) is 0.868. The summed E-state index contributed by atoms with van der Waals surface area (Å²) in [5.74, 6) is 0.500. The predicted molar refractivity (Wildman–Crippen MR) is 93.7 cm³/mol. The van der Waals surface area contributed by atoms with Crippen LogP contribution in [0.4, 0.5) is 5.69 Å². The number of rotatable bonds is 5. The monoisotopic (exact) mass is 332 g/mol. The molecule has 1 atom stereocenters. The second kappa shape index (κ2) is 8.60. The van der Waals surface area contributed by atoms with Crippen LogP contribution in [0.15, 0.2) is 24.3 Å². The molecule has 0 unspecified atom stereocenters. The lowest BCUT2D eigenvalue weighted by molar-refractivity contribution is -0.123. The van der Waals surface area contributed by atoms with Crippen molar-refractivity contribution in [1.29, 1.82) is 0 Å². The van der Waals surface area contributed by atoms with Crippen molar-refractivity contribution in [3.05, 3.63) is 29.8 Å². The molecule has 0 bridgehead atoms. The van der Waals surface area contributed by atoms with Crippen molar-refractivity contribution >= 4 is 11.6 Å². The minimum absolute atomic E-state index is 0.0279. The van der Waals surface area contributed by atoms with Gasteiger partial charge in [-0.25, -0.2) is 0 Å². The molecule has 5 nitrogen and oxygen atoms in total. The van der Waals surface area contributed by atoms with Crippen molar-refractivity contribution in [1.82, 2.24) is 4.90 Å². The van der Waals surface area contributed by atoms with E-state index < -0.39 is 0 Å². The smallest absolute Gasteiger partial charge is 0.229 e. The van der Waals surface area contributed by atoms with Gasteiger partial charge in [-0.3, -0.25) is 9.69 Å². The van der Waals surface area contributed by atoms with E-state index in [-0.39, 0.29) is 11.8 Å². The van der Waals surface area contributed by atoms with Crippen LogP contribution in [0, 0.1) is 11.8 Å². The van der Waals surface area contributed by atoms with Gasteiger partial charge in [-0.05, 0) is 62.4 Å². The number of anilines is 1. The third-order valence-corrected chi connectivity index (χ3v) is 5.10. The predicted octanol–water partition coefficient (Wildman–Crippen LogP) is 2.26. The molecule has 24 heavy (non-hydrogen) atoms. The van der Waals surface area contributed by atoms with Crippen LogP contribution in [0.25, 0.3) is 0 Å². The number of benzene rings is 1. The van der Waals surface area contributed by atoms with Crippen LogP contribution in [-0.4, -0.2) is 48.8 Å². The molecule has 0 aromatic heterocycles. The molecular weight excluding hydrogens is 304 g/mol. The van der Waals surface area contributed by atoms with Gasteiger partial charge in [0.15, 0.2) is 0 Å². The van der Waals surface area contributed by atoms with Gasteiger partial charge in [-0.1, -0.05) is 12.1 Å². The number of aliphatic hydroxyl groups is 1. The van der Waals surface area contributed by atoms with Crippen molar-refractivity contribution < 1.29 is 14.6 Å². The van der Waals surface area contributed by atoms with Gasteiger partial charge in [0, 0.05) is 25.4 Å². The molecule has 0 aliphatic carbocycles. The fourth-order valence-corrected chi connectivity index (χ4v) is 3.52. The third kappa shape index (κ3) is 4.79. The molecule has 1 aromatic carbocycles. The van der Waals surface area contributed by atoms with Crippen LogP contribution in [0.5, 0.6) is 0 Å². The number of nitrogens with one attached hydrogen (secondary N) is 1. The summed E-state index contributed by atoms with van der Waals surface area (Å²) in [4.78, 5) is 14.7. The molecule has 0 radical (unpaired) electrons. The van der Waals surface area contributed by atoms with E-state index in [2.05, 4.69) is 22.3 Å². The average molecular weight is 332 g/mol. The van der Waals surface area contributed by atoms with Crippen LogP contribution in [-0.2, 0) is 16.1 Å². The highest BCUT2D eigenvalue weighted by atomic mass is 16.5. The number of piperidine rings is 1. The van der Waals surface area contributed by atoms with E-state index in [1.165, 1.54) is 5.56 Å². The first-order valence-corrected chi connectivity index (χ1v) is 9.05. The van der Waals surface area contributed by atoms with E-state index in [0.717, 1.165) is 57.6 Å². The summed E-state index contributed by atoms with van der Waals surface area (Å²) in [5.41, 5.74) is 2.09. The molecule has 3 rings (SSSR count). The zero-order chi connectivity index (χ0) is 16.8. The fourth-order valence-electron chi connectivity index (χ4n) is 3.52. The largest absolute Gasteiger partial charge is 0.396 e. The Bertz CT molecular complexity index is 535. The number of likely N-dealkylation sites (tertiary alicyclic amines) is 1. The summed E-state index contributed by atoms with van der Waals surface area (Å²) in [6.45, 7) is 4.56. The number of carbonyl (C=O) groups is 1. The molecular formula is C19H28N2O3. The van der Waals surface area contributed by atoms with Crippen LogP contribution < -0.4 is 5.32 Å². The number of carbonyl (C=O) groups excluding carboxylic acids is 1. The van der Waals surface area contributed by atoms with Gasteiger partial charge >= 0.3 is 0 Å². The minimum Gasteiger partial charge on any atom is -0.396 e. The molecule has 0 saturated carbocycles. The van der Waals surface area contributed by atoms with Crippen LogP contribution >= 0.6 is 0 Å². The molecule has 132 valence electrons. The number of amides is 1. The van der Waals surface area contributed by atoms with Crippen LogP contribution in [0.1, 0.15) is 31.2 Å². The summed E-state index contributed by atoms with van der Waals surface area (Å²) in [7, 11) is 0. The number of hydrogen-bond acceptors (Lipinski definition) is 4. The lowest BCUT2D eigenvalue weighted by Gasteiger charge is -2.31. The van der Waals surface area contributed by atoms with Gasteiger partial charge in [0.2, 0.25) is 5.91 Å². The van der Waals surface area contributed by atoms with Gasteiger partial charge in [0.1, 0.15) is 0 Å². The second-order valence-corrected chi connectivity index (χ2v) is 7.01. The number of hydrogen-bond donors (Lipinski definition) is 2. The molecule has 2 heterocycles. The Morgan fingerprint density at radius 3 is 2.83 bits per heavy atom. The molecule has 2 aliphatic rings. The fraction of sp³-hybridized carbons (Fsp3) is 0.632. The summed E-state index contributed by atoms with van der Waals surface area (Å²) < 4.78 is 5.40. The first kappa shape index (κ1) is 17.4. The van der Waals surface area contributed by atoms with Crippen molar-refractivity contribution in [2.75, 3.05) is 38.2 Å². The van der Waals surface area contributed by atoms with Crippen LogP contribution in [0.3, 0.4) is 0 Å². The zero-order valence-electron chi connectivity index (χ0n) is 14.2. The Morgan fingerprint density at radius 2 is 2.12 bits per heavy atom. The summed E-state index contributed by atoms with van der Waals surface area (Å²) >= 11 is 0. The Kier molecular flexibility index (Phi) is 6.24. The molecule has 5 heteroatoms. The zero-order valence-corrected chi connectivity index (χ0v) is 14.2. The highest BCUT2D eigenvalue weighted by Gasteiger charge is 2.22.